The topological polar surface area (TPSA) is 94.0 Å². The van der Waals surface area contributed by atoms with Crippen molar-refractivity contribution >= 4 is 33.5 Å². The third-order valence-electron chi connectivity index (χ3n) is 5.07. The Hall–Kier alpha value is -3.34. The molecule has 1 atom stereocenters. The predicted molar refractivity (Wildman–Crippen MR) is 118 cm³/mol. The largest absolute Gasteiger partial charge is 0.434 e. The van der Waals surface area contributed by atoms with E-state index in [-0.39, 0.29) is 17.3 Å². The molecule has 2 aromatic carbocycles. The van der Waals surface area contributed by atoms with Gasteiger partial charge in [-0.25, -0.2) is 0 Å². The van der Waals surface area contributed by atoms with Crippen LogP contribution in [0, 0.1) is 13.8 Å². The van der Waals surface area contributed by atoms with Crippen LogP contribution in [0.15, 0.2) is 52.1 Å². The number of amides is 1. The van der Waals surface area contributed by atoms with Crippen LogP contribution >= 0.6 is 15.9 Å². The summed E-state index contributed by atoms with van der Waals surface area (Å²) in [6, 6.07) is 9.35. The minimum Gasteiger partial charge on any atom is -0.434 e. The van der Waals surface area contributed by atoms with E-state index >= 15 is 0 Å². The molecule has 8 nitrogen and oxygen atoms in total. The average molecular weight is 505 g/mol. The van der Waals surface area contributed by atoms with Gasteiger partial charge in [0.2, 0.25) is 5.95 Å². The van der Waals surface area contributed by atoms with Crippen molar-refractivity contribution in [3.05, 3.63) is 68.8 Å². The number of alkyl halides is 2. The van der Waals surface area contributed by atoms with E-state index in [4.69, 9.17) is 4.74 Å². The molecule has 166 valence electrons. The molecule has 1 aromatic heterocycles. The number of nitrogens with zero attached hydrogens (tertiary/aromatic N) is 4. The van der Waals surface area contributed by atoms with Crippen LogP contribution in [0.4, 0.5) is 20.4 Å². The van der Waals surface area contributed by atoms with Gasteiger partial charge < -0.3 is 15.4 Å². The van der Waals surface area contributed by atoms with Gasteiger partial charge in [0.25, 0.3) is 5.91 Å². The predicted octanol–water partition coefficient (Wildman–Crippen LogP) is 4.58. The first-order valence-corrected chi connectivity index (χ1v) is 10.4. The van der Waals surface area contributed by atoms with Crippen molar-refractivity contribution in [2.45, 2.75) is 33.4 Å². The maximum atomic E-state index is 13.5. The normalized spacial score (nSPS) is 15.4. The summed E-state index contributed by atoms with van der Waals surface area (Å²) in [6.07, 6.45) is 0. The van der Waals surface area contributed by atoms with Crippen LogP contribution in [0.5, 0.6) is 5.75 Å². The molecular formula is C21H19BrF2N6O2. The summed E-state index contributed by atoms with van der Waals surface area (Å²) >= 11 is 3.37. The third kappa shape index (κ3) is 4.20. The van der Waals surface area contributed by atoms with E-state index in [1.165, 1.54) is 10.7 Å². The van der Waals surface area contributed by atoms with Crippen LogP contribution in [-0.2, 0) is 4.79 Å². The summed E-state index contributed by atoms with van der Waals surface area (Å²) in [6.45, 7) is 2.52. The molecule has 0 unspecified atom stereocenters. The molecule has 2 heterocycles. The number of benzene rings is 2. The first kappa shape index (κ1) is 21.9. The maximum absolute atomic E-state index is 13.5. The number of carbonyl (C=O) groups is 1. The number of aromatic nitrogens is 4. The molecule has 1 amide bonds. The van der Waals surface area contributed by atoms with Crippen LogP contribution in [0.3, 0.4) is 0 Å². The number of ether oxygens (including phenoxy) is 1. The molecule has 2 N–H and O–H groups in total. The highest BCUT2D eigenvalue weighted by atomic mass is 79.9. The van der Waals surface area contributed by atoms with Crippen molar-refractivity contribution in [1.82, 2.24) is 20.2 Å². The molecule has 4 rings (SSSR count). The zero-order chi connectivity index (χ0) is 23.0. The molecule has 1 aliphatic rings. The Morgan fingerprint density at radius 2 is 2.00 bits per heavy atom. The molecule has 0 aliphatic carbocycles. The minimum atomic E-state index is -3.04. The molecule has 32 heavy (non-hydrogen) atoms. The Bertz CT molecular complexity index is 1230. The quantitative estimate of drug-likeness (QED) is 0.528. The molecule has 0 fully saturated rings. The number of halogens is 3. The Labute approximate surface area is 190 Å². The lowest BCUT2D eigenvalue weighted by molar-refractivity contribution is -0.113. The fourth-order valence-electron chi connectivity index (χ4n) is 3.67. The number of fused-ring (bicyclic) bond motifs is 1. The summed E-state index contributed by atoms with van der Waals surface area (Å²) in [7, 11) is 0. The van der Waals surface area contributed by atoms with Gasteiger partial charge in [0.1, 0.15) is 11.8 Å². The summed E-state index contributed by atoms with van der Waals surface area (Å²) < 4.78 is 33.0. The van der Waals surface area contributed by atoms with Crippen molar-refractivity contribution in [3.63, 3.8) is 0 Å². The molecule has 0 spiro atoms. The van der Waals surface area contributed by atoms with Crippen LogP contribution in [-0.4, -0.2) is 32.7 Å². The number of hydrogen-bond donors (Lipinski definition) is 2. The summed E-state index contributed by atoms with van der Waals surface area (Å²) in [5.74, 6) is -0.226. The number of hydrogen-bond acceptors (Lipinski definition) is 6. The van der Waals surface area contributed by atoms with E-state index in [1.54, 1.807) is 19.1 Å². The molecule has 0 saturated carbocycles. The molecule has 11 heteroatoms. The zero-order valence-electron chi connectivity index (χ0n) is 17.4. The van der Waals surface area contributed by atoms with Gasteiger partial charge in [0.15, 0.2) is 0 Å². The summed E-state index contributed by atoms with van der Waals surface area (Å²) in [4.78, 5) is 13.5. The lowest BCUT2D eigenvalue weighted by atomic mass is 9.94. The number of allylic oxidation sites excluding steroid dienone is 1. The molecular weight excluding hydrogens is 486 g/mol. The number of anilines is 2. The van der Waals surface area contributed by atoms with Gasteiger partial charge in [-0.2, -0.15) is 13.5 Å². The van der Waals surface area contributed by atoms with E-state index in [1.807, 2.05) is 32.0 Å². The third-order valence-corrected chi connectivity index (χ3v) is 5.56. The molecule has 1 aliphatic heterocycles. The van der Waals surface area contributed by atoms with Crippen LogP contribution in [0.2, 0.25) is 0 Å². The molecule has 0 radical (unpaired) electrons. The van der Waals surface area contributed by atoms with E-state index < -0.39 is 18.6 Å². The standard InChI is InChI=1S/C21H19BrF2N6O2/c1-10-4-6-15(11(2)8-10)26-19(31)17-12(3)25-21-27-28-29-30(21)18(17)14-9-13(22)5-7-16(14)32-20(23)24/h4-9,18,20H,1-3H3,(H,26,31)(H,25,27,29)/t18-/m1/s1. The number of rotatable bonds is 5. The van der Waals surface area contributed by atoms with Gasteiger partial charge in [-0.1, -0.05) is 38.7 Å². The Morgan fingerprint density at radius 3 is 2.72 bits per heavy atom. The van der Waals surface area contributed by atoms with Gasteiger partial charge in [0, 0.05) is 21.4 Å². The zero-order valence-corrected chi connectivity index (χ0v) is 18.9. The van der Waals surface area contributed by atoms with Crippen molar-refractivity contribution < 1.29 is 18.3 Å². The van der Waals surface area contributed by atoms with Gasteiger partial charge in [0.05, 0.1) is 5.57 Å². The first-order chi connectivity index (χ1) is 15.2. The second-order valence-corrected chi connectivity index (χ2v) is 8.26. The van der Waals surface area contributed by atoms with Crippen molar-refractivity contribution in [2.75, 3.05) is 10.6 Å². The second kappa shape index (κ2) is 8.65. The highest BCUT2D eigenvalue weighted by Gasteiger charge is 2.36. The fraction of sp³-hybridized carbons (Fsp3) is 0.238. The van der Waals surface area contributed by atoms with Crippen LogP contribution < -0.4 is 15.4 Å². The molecule has 0 saturated heterocycles. The van der Waals surface area contributed by atoms with Crippen LogP contribution in [0.25, 0.3) is 0 Å². The van der Waals surface area contributed by atoms with Gasteiger partial charge >= 0.3 is 6.61 Å². The molecule has 3 aromatic rings. The van der Waals surface area contributed by atoms with Gasteiger partial charge in [-0.15, -0.1) is 0 Å². The maximum Gasteiger partial charge on any atom is 0.387 e. The van der Waals surface area contributed by atoms with E-state index in [2.05, 4.69) is 42.1 Å². The van der Waals surface area contributed by atoms with Crippen molar-refractivity contribution in [3.8, 4) is 5.75 Å². The van der Waals surface area contributed by atoms with E-state index in [0.29, 0.717) is 21.4 Å². The van der Waals surface area contributed by atoms with Gasteiger partial charge in [-0.05, 0) is 61.0 Å². The Morgan fingerprint density at radius 1 is 1.22 bits per heavy atom. The Balaban J connectivity index is 1.82. The highest BCUT2D eigenvalue weighted by molar-refractivity contribution is 9.10. The van der Waals surface area contributed by atoms with Crippen molar-refractivity contribution in [2.24, 2.45) is 0 Å². The van der Waals surface area contributed by atoms with E-state index in [0.717, 1.165) is 11.1 Å². The second-order valence-electron chi connectivity index (χ2n) is 7.35. The number of aryl methyl sites for hydroxylation is 2. The van der Waals surface area contributed by atoms with Crippen LogP contribution in [0.1, 0.15) is 29.7 Å². The Kier molecular flexibility index (Phi) is 5.92. The van der Waals surface area contributed by atoms with E-state index in [9.17, 15) is 13.6 Å². The smallest absolute Gasteiger partial charge is 0.387 e. The number of carbonyl (C=O) groups excluding carboxylic acids is 1. The SMILES string of the molecule is CC1=C(C(=O)Nc2ccc(C)cc2C)[C@@H](c2cc(Br)ccc2OC(F)F)n2nnnc2N1. The first-order valence-electron chi connectivity index (χ1n) is 9.63. The highest BCUT2D eigenvalue weighted by Crippen LogP contribution is 2.40. The minimum absolute atomic E-state index is 0.0823. The molecule has 0 bridgehead atoms. The van der Waals surface area contributed by atoms with Crippen molar-refractivity contribution in [1.29, 1.82) is 0 Å². The lowest BCUT2D eigenvalue weighted by Gasteiger charge is -2.29. The van der Waals surface area contributed by atoms with Gasteiger partial charge in [-0.3, -0.25) is 4.79 Å². The summed E-state index contributed by atoms with van der Waals surface area (Å²) in [5, 5.41) is 17.5. The lowest BCUT2D eigenvalue weighted by Crippen LogP contribution is -2.32. The average Bonchev–Trinajstić information content (AvgIpc) is 3.18. The summed E-state index contributed by atoms with van der Waals surface area (Å²) in [5.41, 5.74) is 3.66. The fourth-order valence-corrected chi connectivity index (χ4v) is 4.05. The number of nitrogens with one attached hydrogen (secondary N) is 2. The monoisotopic (exact) mass is 504 g/mol. The number of tetrazole rings is 1.